The summed E-state index contributed by atoms with van der Waals surface area (Å²) in [5.41, 5.74) is 10.8. The van der Waals surface area contributed by atoms with Crippen LogP contribution in [0.2, 0.25) is 23.4 Å². The van der Waals surface area contributed by atoms with Crippen LogP contribution in [0.3, 0.4) is 0 Å². The molecule has 0 saturated carbocycles. The molecule has 4 aromatic rings. The van der Waals surface area contributed by atoms with E-state index in [1.807, 2.05) is 12.1 Å². The molecule has 0 aliphatic rings. The fourth-order valence-electron chi connectivity index (χ4n) is 3.60. The number of ether oxygens (including phenoxy) is 1. The number of anilines is 1. The van der Waals surface area contributed by atoms with Gasteiger partial charge in [-0.2, -0.15) is 10.1 Å². The highest BCUT2D eigenvalue weighted by atomic mass is 79.9. The van der Waals surface area contributed by atoms with E-state index in [-0.39, 0.29) is 10.3 Å². The van der Waals surface area contributed by atoms with Crippen molar-refractivity contribution < 1.29 is 9.16 Å². The summed E-state index contributed by atoms with van der Waals surface area (Å²) in [6, 6.07) is 12.5. The van der Waals surface area contributed by atoms with E-state index in [1.54, 1.807) is 10.9 Å². The summed E-state index contributed by atoms with van der Waals surface area (Å²) in [7, 11) is -1.83. The van der Waals surface area contributed by atoms with Crippen LogP contribution < -0.4 is 10.5 Å². The van der Waals surface area contributed by atoms with Gasteiger partial charge in [-0.15, -0.1) is 0 Å². The van der Waals surface area contributed by atoms with Crippen molar-refractivity contribution in [3.05, 3.63) is 74.6 Å². The van der Waals surface area contributed by atoms with E-state index in [2.05, 4.69) is 96.1 Å². The lowest BCUT2D eigenvalue weighted by Gasteiger charge is -2.36. The second-order valence-electron chi connectivity index (χ2n) is 10.8. The lowest BCUT2D eigenvalue weighted by atomic mass is 10.1. The van der Waals surface area contributed by atoms with Crippen LogP contribution in [0.1, 0.15) is 43.0 Å². The Morgan fingerprint density at radius 2 is 1.78 bits per heavy atom. The molecule has 0 saturated heterocycles. The number of nitrogen functional groups attached to an aromatic ring is 1. The third-order valence-corrected chi connectivity index (χ3v) is 12.4. The van der Waals surface area contributed by atoms with Gasteiger partial charge in [-0.25, -0.2) is 9.67 Å². The number of fused-ring (bicyclic) bond motifs is 1. The SMILES string of the molecule is Cc1ccc(CO[Si](C)(C)C(C)(C)C)cc1OCc1cc(Cn2ncc3c(N)nc(Cl)nc32)ccc1Br. The Morgan fingerprint density at radius 3 is 2.51 bits per heavy atom. The molecule has 0 aliphatic carbocycles. The summed E-state index contributed by atoms with van der Waals surface area (Å²) in [6.45, 7) is 14.9. The zero-order valence-electron chi connectivity index (χ0n) is 22.1. The van der Waals surface area contributed by atoms with Crippen molar-refractivity contribution in [2.24, 2.45) is 0 Å². The molecule has 4 rings (SSSR count). The van der Waals surface area contributed by atoms with Gasteiger partial charge in [0.25, 0.3) is 0 Å². The molecule has 2 heterocycles. The van der Waals surface area contributed by atoms with Crippen molar-refractivity contribution in [2.75, 3.05) is 5.73 Å². The average molecular weight is 603 g/mol. The first-order chi connectivity index (χ1) is 17.3. The molecule has 37 heavy (non-hydrogen) atoms. The van der Waals surface area contributed by atoms with Crippen LogP contribution in [-0.2, 0) is 24.2 Å². The monoisotopic (exact) mass is 601 g/mol. The molecule has 7 nitrogen and oxygen atoms in total. The fraction of sp³-hybridized carbons (Fsp3) is 0.370. The summed E-state index contributed by atoms with van der Waals surface area (Å²) >= 11 is 9.68. The third kappa shape index (κ3) is 6.34. The highest BCUT2D eigenvalue weighted by Gasteiger charge is 2.37. The maximum atomic E-state index is 6.41. The van der Waals surface area contributed by atoms with E-state index >= 15 is 0 Å². The second-order valence-corrected chi connectivity index (χ2v) is 16.8. The lowest BCUT2D eigenvalue weighted by Crippen LogP contribution is -2.40. The van der Waals surface area contributed by atoms with Crippen molar-refractivity contribution in [3.63, 3.8) is 0 Å². The molecule has 0 fully saturated rings. The summed E-state index contributed by atoms with van der Waals surface area (Å²) in [5.74, 6) is 1.17. The summed E-state index contributed by atoms with van der Waals surface area (Å²) in [4.78, 5) is 8.30. The molecule has 10 heteroatoms. The van der Waals surface area contributed by atoms with Gasteiger partial charge in [-0.05, 0) is 71.5 Å². The molecular weight excluding hydrogens is 570 g/mol. The smallest absolute Gasteiger partial charge is 0.226 e. The summed E-state index contributed by atoms with van der Waals surface area (Å²) < 4.78 is 15.4. The van der Waals surface area contributed by atoms with Crippen LogP contribution >= 0.6 is 27.5 Å². The van der Waals surface area contributed by atoms with Gasteiger partial charge >= 0.3 is 0 Å². The first kappa shape index (κ1) is 27.6. The first-order valence-corrected chi connectivity index (χ1v) is 16.2. The Bertz CT molecular complexity index is 1430. The molecule has 0 bridgehead atoms. The number of rotatable bonds is 8. The van der Waals surface area contributed by atoms with Crippen LogP contribution in [0.4, 0.5) is 5.82 Å². The maximum Gasteiger partial charge on any atom is 0.226 e. The molecule has 0 unspecified atom stereocenters. The van der Waals surface area contributed by atoms with E-state index in [1.165, 1.54) is 0 Å². The molecule has 2 aromatic carbocycles. The van der Waals surface area contributed by atoms with Gasteiger partial charge in [0.2, 0.25) is 5.28 Å². The molecule has 0 aliphatic heterocycles. The number of aromatic nitrogens is 4. The zero-order chi connectivity index (χ0) is 27.0. The molecule has 0 atom stereocenters. The standard InChI is InChI=1S/C27H33BrClN5O2Si/c1-17-7-8-19(15-36-37(5,6)27(2,3)4)12-23(17)35-16-20-11-18(9-10-22(20)28)14-34-25-21(13-31-34)24(30)32-26(29)33-25/h7-13H,14-16H2,1-6H3,(H2,30,32,33). The van der Waals surface area contributed by atoms with Gasteiger partial charge in [0.05, 0.1) is 24.7 Å². The van der Waals surface area contributed by atoms with Crippen molar-refractivity contribution >= 4 is 52.7 Å². The number of hydrogen-bond acceptors (Lipinski definition) is 6. The van der Waals surface area contributed by atoms with E-state index in [0.717, 1.165) is 32.5 Å². The predicted molar refractivity (Wildman–Crippen MR) is 155 cm³/mol. The van der Waals surface area contributed by atoms with E-state index in [0.29, 0.717) is 36.6 Å². The highest BCUT2D eigenvalue weighted by molar-refractivity contribution is 9.10. The number of nitrogens with zero attached hydrogens (tertiary/aromatic N) is 4. The Balaban J connectivity index is 1.48. The number of nitrogens with two attached hydrogens (primary N) is 1. The highest BCUT2D eigenvalue weighted by Crippen LogP contribution is 2.37. The summed E-state index contributed by atoms with van der Waals surface area (Å²) in [6.07, 6.45) is 1.66. The Hall–Kier alpha value is -2.46. The molecular formula is C27H33BrClN5O2Si. The second kappa shape index (κ2) is 10.7. The quantitative estimate of drug-likeness (QED) is 0.168. The normalized spacial score (nSPS) is 12.3. The minimum Gasteiger partial charge on any atom is -0.489 e. The number of halogens is 2. The lowest BCUT2D eigenvalue weighted by molar-refractivity contribution is 0.273. The molecule has 0 amide bonds. The van der Waals surface area contributed by atoms with Crippen molar-refractivity contribution in [2.45, 2.75) is 65.6 Å². The topological polar surface area (TPSA) is 88.1 Å². The minimum atomic E-state index is -1.83. The zero-order valence-corrected chi connectivity index (χ0v) is 25.4. The molecule has 2 aromatic heterocycles. The average Bonchev–Trinajstić information content (AvgIpc) is 3.21. The largest absolute Gasteiger partial charge is 0.489 e. The van der Waals surface area contributed by atoms with Crippen LogP contribution in [0.5, 0.6) is 5.75 Å². The first-order valence-electron chi connectivity index (χ1n) is 12.1. The van der Waals surface area contributed by atoms with Gasteiger partial charge < -0.3 is 14.9 Å². The fourth-order valence-corrected chi connectivity index (χ4v) is 5.09. The van der Waals surface area contributed by atoms with Crippen molar-refractivity contribution in [3.8, 4) is 5.75 Å². The van der Waals surface area contributed by atoms with Crippen LogP contribution in [0.25, 0.3) is 11.0 Å². The maximum absolute atomic E-state index is 6.41. The van der Waals surface area contributed by atoms with E-state index < -0.39 is 8.32 Å². The van der Waals surface area contributed by atoms with Crippen LogP contribution in [0.15, 0.2) is 47.1 Å². The van der Waals surface area contributed by atoms with Gasteiger partial charge in [0.1, 0.15) is 18.2 Å². The molecule has 196 valence electrons. The number of benzene rings is 2. The van der Waals surface area contributed by atoms with Gasteiger partial charge in [-0.1, -0.05) is 54.9 Å². The number of aryl methyl sites for hydroxylation is 1. The van der Waals surface area contributed by atoms with Crippen LogP contribution in [-0.4, -0.2) is 28.1 Å². The molecule has 0 radical (unpaired) electrons. The van der Waals surface area contributed by atoms with Gasteiger partial charge in [0, 0.05) is 10.0 Å². The Labute approximate surface area is 232 Å². The van der Waals surface area contributed by atoms with Crippen molar-refractivity contribution in [1.29, 1.82) is 0 Å². The third-order valence-electron chi connectivity index (χ3n) is 6.98. The Morgan fingerprint density at radius 1 is 1.05 bits per heavy atom. The summed E-state index contributed by atoms with van der Waals surface area (Å²) in [5, 5.41) is 5.38. The van der Waals surface area contributed by atoms with Crippen LogP contribution in [0, 0.1) is 6.92 Å². The van der Waals surface area contributed by atoms with Crippen molar-refractivity contribution in [1.82, 2.24) is 19.7 Å². The van der Waals surface area contributed by atoms with Gasteiger partial charge in [0.15, 0.2) is 14.0 Å². The predicted octanol–water partition coefficient (Wildman–Crippen LogP) is 7.28. The molecule has 2 N–H and O–H groups in total. The van der Waals surface area contributed by atoms with Gasteiger partial charge in [-0.3, -0.25) is 0 Å². The van der Waals surface area contributed by atoms with E-state index in [9.17, 15) is 0 Å². The Kier molecular flexibility index (Phi) is 7.99. The van der Waals surface area contributed by atoms with E-state index in [4.69, 9.17) is 26.5 Å². The number of hydrogen-bond donors (Lipinski definition) is 1. The molecule has 0 spiro atoms. The minimum absolute atomic E-state index is 0.101.